The van der Waals surface area contributed by atoms with Gasteiger partial charge in [0.05, 0.1) is 0 Å². The summed E-state index contributed by atoms with van der Waals surface area (Å²) in [5.74, 6) is 0. The van der Waals surface area contributed by atoms with Crippen molar-refractivity contribution >= 4 is 8.80 Å². The molecule has 0 aliphatic carbocycles. The molecule has 0 aromatic heterocycles. The van der Waals surface area contributed by atoms with Gasteiger partial charge in [0.2, 0.25) is 0 Å². The molecule has 6 heteroatoms. The Morgan fingerprint density at radius 2 is 1.36 bits per heavy atom. The predicted molar refractivity (Wildman–Crippen MR) is 59.4 cm³/mol. The summed E-state index contributed by atoms with van der Waals surface area (Å²) < 4.78 is 15.4. The second-order valence-electron chi connectivity index (χ2n) is 2.56. The highest BCUT2D eigenvalue weighted by Gasteiger charge is 2.54. The minimum atomic E-state index is -2.89. The van der Waals surface area contributed by atoms with Crippen molar-refractivity contribution in [1.82, 2.24) is 0 Å². The normalized spacial score (nSPS) is 11.9. The van der Waals surface area contributed by atoms with Crippen molar-refractivity contribution in [2.75, 3.05) is 21.3 Å². The highest BCUT2D eigenvalue weighted by molar-refractivity contribution is 6.64. The minimum absolute atomic E-state index is 0.536. The van der Waals surface area contributed by atoms with E-state index in [0.29, 0.717) is 6.42 Å². The highest BCUT2D eigenvalue weighted by atomic mass is 28.4. The predicted octanol–water partition coefficient (Wildman–Crippen LogP) is 0.230. The van der Waals surface area contributed by atoms with Crippen LogP contribution in [0.1, 0.15) is 13.3 Å². The molecule has 14 heavy (non-hydrogen) atoms. The number of hydrogen-bond donors (Lipinski definition) is 2. The molecule has 0 aromatic carbocycles. The fourth-order valence-electron chi connectivity index (χ4n) is 1.04. The Bertz CT molecular complexity index is 143. The van der Waals surface area contributed by atoms with E-state index < -0.39 is 14.1 Å². The molecule has 0 radical (unpaired) electrons. The summed E-state index contributed by atoms with van der Waals surface area (Å²) in [4.78, 5) is 0. The smallest absolute Gasteiger partial charge is 0.375 e. The molecule has 0 saturated heterocycles. The molecular formula is C8H22N2O3Si. The van der Waals surface area contributed by atoms with Crippen molar-refractivity contribution in [3.63, 3.8) is 0 Å². The molecule has 0 rings (SSSR count). The third kappa shape index (κ3) is 3.16. The van der Waals surface area contributed by atoms with Gasteiger partial charge in [-0.2, -0.15) is 0 Å². The monoisotopic (exact) mass is 222 g/mol. The third-order valence-corrected chi connectivity index (χ3v) is 5.07. The fraction of sp³-hybridized carbons (Fsp3) is 0.750. The zero-order chi connectivity index (χ0) is 11.8. The lowest BCUT2D eigenvalue weighted by molar-refractivity contribution is 0.0912. The average Bonchev–Trinajstić information content (AvgIpc) is 2.24. The second kappa shape index (κ2) is 7.10. The molecule has 0 aromatic rings. The number of nitrogens with two attached hydrogens (primary N) is 2. The van der Waals surface area contributed by atoms with E-state index in [-0.39, 0.29) is 0 Å². The van der Waals surface area contributed by atoms with E-state index in [2.05, 4.69) is 13.2 Å². The lowest BCUT2D eigenvalue weighted by Gasteiger charge is -2.36. The topological polar surface area (TPSA) is 79.7 Å². The van der Waals surface area contributed by atoms with Crippen molar-refractivity contribution in [1.29, 1.82) is 0 Å². The van der Waals surface area contributed by atoms with Crippen LogP contribution < -0.4 is 11.5 Å². The van der Waals surface area contributed by atoms with E-state index >= 15 is 0 Å². The van der Waals surface area contributed by atoms with Crippen LogP contribution in [0.3, 0.4) is 0 Å². The first-order chi connectivity index (χ1) is 6.49. The second-order valence-corrected chi connectivity index (χ2v) is 5.83. The van der Waals surface area contributed by atoms with Gasteiger partial charge < -0.3 is 24.7 Å². The molecule has 0 aliphatic heterocycles. The van der Waals surface area contributed by atoms with Crippen molar-refractivity contribution in [2.24, 2.45) is 11.5 Å². The maximum absolute atomic E-state index is 5.79. The van der Waals surface area contributed by atoms with E-state index in [1.165, 1.54) is 21.3 Å². The lowest BCUT2D eigenvalue weighted by atomic mass is 10.4. The zero-order valence-electron chi connectivity index (χ0n) is 9.50. The van der Waals surface area contributed by atoms with Crippen molar-refractivity contribution in [3.8, 4) is 0 Å². The van der Waals surface area contributed by atoms with Crippen LogP contribution in [-0.2, 0) is 13.3 Å². The Morgan fingerprint density at radius 1 is 1.07 bits per heavy atom. The molecule has 86 valence electrons. The summed E-state index contributed by atoms with van der Waals surface area (Å²) >= 11 is 0. The first-order valence-corrected chi connectivity index (χ1v) is 5.95. The standard InChI is InChI=1S/C6H18N2O3Si.C2H4/c1-5-6(7,8)12(9-2,10-3)11-4;1-2/h5,7-8H2,1-4H3;1-2H2. The quantitative estimate of drug-likeness (QED) is 0.395. The molecule has 0 spiro atoms. The first-order valence-electron chi connectivity index (χ1n) is 4.23. The summed E-state index contributed by atoms with van der Waals surface area (Å²) in [7, 11) is 1.58. The van der Waals surface area contributed by atoms with Crippen LogP contribution in [0.25, 0.3) is 0 Å². The van der Waals surface area contributed by atoms with Crippen LogP contribution in [0.15, 0.2) is 13.2 Å². The molecular weight excluding hydrogens is 200 g/mol. The SMILES string of the molecule is C=C.CCC(N)(N)[Si](OC)(OC)OC. The average molecular weight is 222 g/mol. The molecule has 0 heterocycles. The molecule has 0 bridgehead atoms. The minimum Gasteiger partial charge on any atom is -0.375 e. The molecule has 0 aliphatic rings. The van der Waals surface area contributed by atoms with Crippen LogP contribution in [0, 0.1) is 0 Å². The van der Waals surface area contributed by atoms with Crippen molar-refractivity contribution in [3.05, 3.63) is 13.2 Å². The van der Waals surface area contributed by atoms with E-state index in [0.717, 1.165) is 0 Å². The number of hydrogen-bond acceptors (Lipinski definition) is 5. The zero-order valence-corrected chi connectivity index (χ0v) is 10.5. The van der Waals surface area contributed by atoms with Gasteiger partial charge in [-0.1, -0.05) is 6.92 Å². The summed E-state index contributed by atoms with van der Waals surface area (Å²) in [6.07, 6.45) is 0.536. The first kappa shape index (κ1) is 16.2. The summed E-state index contributed by atoms with van der Waals surface area (Å²) in [6, 6.07) is 0. The van der Waals surface area contributed by atoms with Crippen LogP contribution >= 0.6 is 0 Å². The third-order valence-electron chi connectivity index (χ3n) is 1.96. The van der Waals surface area contributed by atoms with E-state index in [9.17, 15) is 0 Å². The van der Waals surface area contributed by atoms with Crippen molar-refractivity contribution in [2.45, 2.75) is 18.6 Å². The molecule has 0 unspecified atom stereocenters. The molecule has 4 N–H and O–H groups in total. The molecule has 0 atom stereocenters. The van der Waals surface area contributed by atoms with Gasteiger partial charge in [0.15, 0.2) is 0 Å². The van der Waals surface area contributed by atoms with Crippen LogP contribution in [0.2, 0.25) is 0 Å². The largest absolute Gasteiger partial charge is 0.536 e. The highest BCUT2D eigenvalue weighted by Crippen LogP contribution is 2.18. The Labute approximate surface area is 87.4 Å². The van der Waals surface area contributed by atoms with Crippen molar-refractivity contribution < 1.29 is 13.3 Å². The molecule has 0 fully saturated rings. The van der Waals surface area contributed by atoms with E-state index in [4.69, 9.17) is 24.7 Å². The van der Waals surface area contributed by atoms with E-state index in [1.54, 1.807) is 0 Å². The molecule has 0 amide bonds. The Kier molecular flexibility index (Phi) is 8.22. The lowest BCUT2D eigenvalue weighted by Crippen LogP contribution is -2.73. The fourth-order valence-corrected chi connectivity index (χ4v) is 3.11. The Morgan fingerprint density at radius 3 is 1.43 bits per heavy atom. The van der Waals surface area contributed by atoms with Gasteiger partial charge in [0.1, 0.15) is 5.29 Å². The number of rotatable bonds is 5. The van der Waals surface area contributed by atoms with Gasteiger partial charge in [-0.25, -0.2) is 0 Å². The van der Waals surface area contributed by atoms with Gasteiger partial charge in [-0.15, -0.1) is 13.2 Å². The van der Waals surface area contributed by atoms with Gasteiger partial charge in [-0.3, -0.25) is 0 Å². The Balaban J connectivity index is 0. The van der Waals surface area contributed by atoms with Crippen LogP contribution in [-0.4, -0.2) is 35.4 Å². The van der Waals surface area contributed by atoms with Crippen LogP contribution in [0.4, 0.5) is 0 Å². The molecule has 5 nitrogen and oxygen atoms in total. The van der Waals surface area contributed by atoms with Gasteiger partial charge in [0.25, 0.3) is 0 Å². The van der Waals surface area contributed by atoms with Gasteiger partial charge >= 0.3 is 8.80 Å². The summed E-state index contributed by atoms with van der Waals surface area (Å²) in [5, 5.41) is -1.02. The van der Waals surface area contributed by atoms with E-state index in [1.807, 2.05) is 6.92 Å². The van der Waals surface area contributed by atoms with Gasteiger partial charge in [0, 0.05) is 21.3 Å². The molecule has 0 saturated carbocycles. The summed E-state index contributed by atoms with van der Waals surface area (Å²) in [6.45, 7) is 7.86. The van der Waals surface area contributed by atoms with Crippen LogP contribution in [0.5, 0.6) is 0 Å². The van der Waals surface area contributed by atoms with Gasteiger partial charge in [-0.05, 0) is 6.42 Å². The summed E-state index contributed by atoms with van der Waals surface area (Å²) in [5.41, 5.74) is 11.6. The Hall–Kier alpha value is -0.243. The maximum Gasteiger partial charge on any atom is 0.536 e. The maximum atomic E-state index is 5.79.